The molecule has 2 aromatic heterocycles. The number of alkyl carbamates (subject to hydrolysis) is 2. The fourth-order valence-electron chi connectivity index (χ4n) is 11.8. The molecule has 5 aliphatic rings. The van der Waals surface area contributed by atoms with Crippen molar-refractivity contribution in [3.05, 3.63) is 83.6 Å². The fraction of sp³-hybridized carbons (Fsp3) is 0.490. The average molecular weight is 896 g/mol. The Hall–Kier alpha value is -6.22. The lowest BCUT2D eigenvalue weighted by Crippen LogP contribution is -2.66. The Balaban J connectivity index is 0.908. The summed E-state index contributed by atoms with van der Waals surface area (Å²) in [4.78, 5) is 75.4. The minimum Gasteiger partial charge on any atom is -0.453 e. The Labute approximate surface area is 385 Å². The summed E-state index contributed by atoms with van der Waals surface area (Å²) in [5.74, 6) is 1.11. The summed E-state index contributed by atoms with van der Waals surface area (Å²) >= 11 is 0. The highest BCUT2D eigenvalue weighted by Gasteiger charge is 2.66. The molecule has 0 radical (unpaired) electrons. The van der Waals surface area contributed by atoms with Crippen molar-refractivity contribution >= 4 is 35.0 Å². The van der Waals surface area contributed by atoms with Crippen LogP contribution in [0, 0.1) is 11.8 Å². The zero-order chi connectivity index (χ0) is 46.2. The van der Waals surface area contributed by atoms with Crippen LogP contribution in [0.4, 0.5) is 9.59 Å². The molecular formula is C51H61N9O6. The van der Waals surface area contributed by atoms with Crippen LogP contribution in [0.25, 0.3) is 44.5 Å². The van der Waals surface area contributed by atoms with Crippen molar-refractivity contribution in [3.63, 3.8) is 0 Å². The third-order valence-electron chi connectivity index (χ3n) is 15.5. The molecule has 4 fully saturated rings. The molecule has 0 bridgehead atoms. The van der Waals surface area contributed by atoms with Crippen LogP contribution in [0.2, 0.25) is 0 Å². The number of likely N-dealkylation sites (tertiary alicyclic amines) is 2. The van der Waals surface area contributed by atoms with Crippen LogP contribution in [0.3, 0.4) is 0 Å². The Bertz CT molecular complexity index is 2710. The van der Waals surface area contributed by atoms with E-state index < -0.39 is 24.3 Å². The van der Waals surface area contributed by atoms with Crippen LogP contribution in [0.5, 0.6) is 0 Å². The lowest BCUT2D eigenvalue weighted by atomic mass is 9.68. The van der Waals surface area contributed by atoms with E-state index in [2.05, 4.69) is 87.0 Å². The van der Waals surface area contributed by atoms with Crippen molar-refractivity contribution in [3.8, 4) is 33.5 Å². The molecule has 0 saturated carbocycles. The monoisotopic (exact) mass is 895 g/mol. The predicted octanol–water partition coefficient (Wildman–Crippen LogP) is 8.73. The number of benzene rings is 3. The third-order valence-corrected chi connectivity index (χ3v) is 15.5. The molecule has 3 unspecified atom stereocenters. The maximum absolute atomic E-state index is 14.0. The van der Waals surface area contributed by atoms with Gasteiger partial charge in [-0.25, -0.2) is 19.6 Å². The van der Waals surface area contributed by atoms with Gasteiger partial charge in [0, 0.05) is 30.7 Å². The number of rotatable bonds is 12. The van der Waals surface area contributed by atoms with Gasteiger partial charge in [0.15, 0.2) is 0 Å². The van der Waals surface area contributed by atoms with Gasteiger partial charge in [-0.05, 0) is 108 Å². The van der Waals surface area contributed by atoms with Gasteiger partial charge in [-0.1, -0.05) is 76.6 Å². The van der Waals surface area contributed by atoms with Crippen LogP contribution >= 0.6 is 0 Å². The molecular weight excluding hydrogens is 835 g/mol. The molecule has 15 nitrogen and oxygen atoms in total. The molecule has 8 atom stereocenters. The number of hydrogen-bond donors (Lipinski definition) is 4. The number of amides is 4. The first-order chi connectivity index (χ1) is 31.8. The Morgan fingerprint density at radius 3 is 1.89 bits per heavy atom. The maximum Gasteiger partial charge on any atom is 0.407 e. The Morgan fingerprint density at radius 1 is 0.742 bits per heavy atom. The Kier molecular flexibility index (Phi) is 11.2. The summed E-state index contributed by atoms with van der Waals surface area (Å²) in [5, 5.41) is 5.52. The molecule has 66 heavy (non-hydrogen) atoms. The van der Waals surface area contributed by atoms with Crippen molar-refractivity contribution in [2.24, 2.45) is 11.8 Å². The number of H-pyrrole nitrogens is 2. The lowest BCUT2D eigenvalue weighted by Gasteiger charge is -2.65. The summed E-state index contributed by atoms with van der Waals surface area (Å²) in [6.07, 6.45) is 6.94. The number of carbonyl (C=O) groups is 4. The lowest BCUT2D eigenvalue weighted by molar-refractivity contribution is -0.177. The number of piperidine rings is 1. The molecule has 4 N–H and O–H groups in total. The van der Waals surface area contributed by atoms with Gasteiger partial charge in [-0.3, -0.25) is 14.5 Å². The molecule has 0 spiro atoms. The highest BCUT2D eigenvalue weighted by molar-refractivity contribution is 5.89. The van der Waals surface area contributed by atoms with Crippen molar-refractivity contribution in [1.29, 1.82) is 0 Å². The van der Waals surface area contributed by atoms with Crippen molar-refractivity contribution in [2.45, 2.75) is 121 Å². The van der Waals surface area contributed by atoms with Crippen LogP contribution in [0.1, 0.15) is 127 Å². The van der Waals surface area contributed by atoms with Gasteiger partial charge in [-0.2, -0.15) is 0 Å². The summed E-state index contributed by atoms with van der Waals surface area (Å²) in [7, 11) is 2.62. The van der Waals surface area contributed by atoms with Crippen molar-refractivity contribution in [1.82, 2.24) is 45.3 Å². The number of fused-ring (bicyclic) bond motifs is 4. The number of aromatic nitrogens is 4. The molecule has 346 valence electrons. The number of imidazole rings is 2. The van der Waals surface area contributed by atoms with Crippen LogP contribution in [-0.2, 0) is 19.1 Å². The molecule has 7 heterocycles. The molecule has 4 amide bonds. The second-order valence-corrected chi connectivity index (χ2v) is 19.7. The summed E-state index contributed by atoms with van der Waals surface area (Å²) in [5.41, 5.74) is 11.6. The van der Waals surface area contributed by atoms with E-state index in [4.69, 9.17) is 19.4 Å². The quantitative estimate of drug-likeness (QED) is 0.0954. The topological polar surface area (TPSA) is 178 Å². The second kappa shape index (κ2) is 16.9. The second-order valence-electron chi connectivity index (χ2n) is 19.7. The van der Waals surface area contributed by atoms with Crippen LogP contribution in [0.15, 0.2) is 60.8 Å². The van der Waals surface area contributed by atoms with Gasteiger partial charge in [0.1, 0.15) is 23.7 Å². The molecule has 5 aliphatic heterocycles. The normalized spacial score (nSPS) is 24.3. The van der Waals surface area contributed by atoms with E-state index >= 15 is 0 Å². The molecule has 0 aliphatic carbocycles. The van der Waals surface area contributed by atoms with E-state index in [-0.39, 0.29) is 41.3 Å². The number of methoxy groups -OCH3 is 2. The van der Waals surface area contributed by atoms with E-state index in [0.717, 1.165) is 84.4 Å². The number of hydrogen-bond acceptors (Lipinski definition) is 9. The number of nitrogens with one attached hydrogen (secondary N) is 4. The van der Waals surface area contributed by atoms with Crippen molar-refractivity contribution in [2.75, 3.05) is 27.3 Å². The highest BCUT2D eigenvalue weighted by atomic mass is 16.5. The first-order valence-corrected chi connectivity index (χ1v) is 23.7. The van der Waals surface area contributed by atoms with Gasteiger partial charge < -0.3 is 39.9 Å². The molecule has 3 aromatic carbocycles. The summed E-state index contributed by atoms with van der Waals surface area (Å²) < 4.78 is 9.67. The van der Waals surface area contributed by atoms with Gasteiger partial charge in [-0.15, -0.1) is 0 Å². The maximum atomic E-state index is 14.0. The van der Waals surface area contributed by atoms with E-state index in [1.54, 1.807) is 0 Å². The molecule has 4 saturated heterocycles. The van der Waals surface area contributed by atoms with Crippen LogP contribution < -0.4 is 10.6 Å². The van der Waals surface area contributed by atoms with E-state index in [1.165, 1.54) is 42.0 Å². The number of aromatic amines is 2. The standard InChI is InChI=1S/C51H61N9O6/c1-8-28(4)44(57-50(64)66-7)48(62)59-22-10-12-38(59)46-53-34-20-17-31(23-35(34)54-46)33-19-18-32(41-39-24-51(5)25-40(42(33)41)60(39)51)29-13-15-30(16-14-29)36-26-52-45(55-36)37-11-9-21-58(37)47(61)43(27(2)3)56-49(63)65-6/h13-20,23,26-28,37-40,43-44H,8-12,21-22,24-25H2,1-7H3,(H,52,55)(H,53,54)(H,56,63)(H,57,64)/t28-,37-,38-,39?,40?,43-,44-,51?/m0/s1. The zero-order valence-corrected chi connectivity index (χ0v) is 38.9. The van der Waals surface area contributed by atoms with Crippen LogP contribution in [-0.4, -0.2) is 104 Å². The van der Waals surface area contributed by atoms with Gasteiger partial charge in [0.05, 0.1) is 49.2 Å². The number of carbonyl (C=O) groups excluding carboxylic acids is 4. The Morgan fingerprint density at radius 2 is 1.30 bits per heavy atom. The number of ether oxygens (including phenoxy) is 2. The molecule has 5 aromatic rings. The number of nitrogens with zero attached hydrogens (tertiary/aromatic N) is 5. The minimum absolute atomic E-state index is 0.0577. The zero-order valence-electron chi connectivity index (χ0n) is 38.9. The third kappa shape index (κ3) is 7.21. The SMILES string of the molecule is CC[C@H](C)[C@H](NC(=O)OC)C(=O)N1CCC[C@H]1c1nc2ccc(-c3ccc(-c4ccc(-c5cnc([C@@H]6CCCN6C(=O)[C@@H](NC(=O)OC)C(C)C)[nH]5)cc4)c4c3C3CC5(C)CC4N35)cc2[nH]1. The average Bonchev–Trinajstić information content (AvgIpc) is 4.18. The first-order valence-electron chi connectivity index (χ1n) is 23.7. The minimum atomic E-state index is -0.689. The summed E-state index contributed by atoms with van der Waals surface area (Å²) in [6.45, 7) is 11.4. The predicted molar refractivity (Wildman–Crippen MR) is 250 cm³/mol. The molecule has 10 rings (SSSR count). The van der Waals surface area contributed by atoms with Gasteiger partial charge >= 0.3 is 12.2 Å². The van der Waals surface area contributed by atoms with Gasteiger partial charge in [0.25, 0.3) is 0 Å². The largest absolute Gasteiger partial charge is 0.453 e. The van der Waals surface area contributed by atoms with Gasteiger partial charge in [0.2, 0.25) is 11.8 Å². The molecule has 15 heteroatoms. The fourth-order valence-corrected chi connectivity index (χ4v) is 11.8. The first kappa shape index (κ1) is 43.7. The summed E-state index contributed by atoms with van der Waals surface area (Å²) in [6, 6.07) is 18.8. The van der Waals surface area contributed by atoms with Crippen molar-refractivity contribution < 1.29 is 28.7 Å². The smallest absolute Gasteiger partial charge is 0.407 e. The van der Waals surface area contributed by atoms with E-state index in [0.29, 0.717) is 25.2 Å². The van der Waals surface area contributed by atoms with E-state index in [1.807, 2.05) is 43.7 Å². The van der Waals surface area contributed by atoms with E-state index in [9.17, 15) is 19.2 Å². The highest BCUT2D eigenvalue weighted by Crippen LogP contribution is 2.71.